The van der Waals surface area contributed by atoms with Crippen LogP contribution in [-0.4, -0.2) is 30.1 Å². The zero-order valence-corrected chi connectivity index (χ0v) is 12.9. The summed E-state index contributed by atoms with van der Waals surface area (Å²) in [6.45, 7) is 12.2. The Bertz CT molecular complexity index is 423. The lowest BCUT2D eigenvalue weighted by atomic mass is 9.71. The third-order valence-corrected chi connectivity index (χ3v) is 4.78. The van der Waals surface area contributed by atoms with Gasteiger partial charge in [0.2, 0.25) is 0 Å². The zero-order valence-electron chi connectivity index (χ0n) is 12.9. The molecule has 2 rings (SSSR count). The molecule has 1 heterocycles. The highest BCUT2D eigenvalue weighted by atomic mass is 15.2. The summed E-state index contributed by atoms with van der Waals surface area (Å²) >= 11 is 0. The van der Waals surface area contributed by atoms with Crippen LogP contribution in [0.5, 0.6) is 0 Å². The topological polar surface area (TPSA) is 29.3 Å². The molecule has 1 aliphatic rings. The Labute approximate surface area is 118 Å². The van der Waals surface area contributed by atoms with Gasteiger partial charge in [0.1, 0.15) is 0 Å². The molecule has 1 aliphatic heterocycles. The van der Waals surface area contributed by atoms with E-state index in [4.69, 9.17) is 5.73 Å². The average molecular weight is 260 g/mol. The lowest BCUT2D eigenvalue weighted by molar-refractivity contribution is 0.0762. The number of hydrogen-bond acceptors (Lipinski definition) is 2. The Morgan fingerprint density at radius 2 is 1.74 bits per heavy atom. The maximum atomic E-state index is 6.18. The largest absolute Gasteiger partial charge is 0.330 e. The van der Waals surface area contributed by atoms with Crippen LogP contribution in [0.25, 0.3) is 0 Å². The highest BCUT2D eigenvalue weighted by Crippen LogP contribution is 2.37. The van der Waals surface area contributed by atoms with Crippen LogP contribution >= 0.6 is 0 Å². The van der Waals surface area contributed by atoms with Gasteiger partial charge in [-0.25, -0.2) is 0 Å². The van der Waals surface area contributed by atoms with Crippen LogP contribution in [0, 0.1) is 6.92 Å². The fourth-order valence-corrected chi connectivity index (χ4v) is 3.36. The molecule has 19 heavy (non-hydrogen) atoms. The van der Waals surface area contributed by atoms with Gasteiger partial charge < -0.3 is 5.73 Å². The van der Waals surface area contributed by atoms with E-state index in [2.05, 4.69) is 56.9 Å². The van der Waals surface area contributed by atoms with Gasteiger partial charge in [-0.05, 0) is 64.8 Å². The van der Waals surface area contributed by atoms with Gasteiger partial charge in [-0.3, -0.25) is 4.90 Å². The van der Waals surface area contributed by atoms with Gasteiger partial charge in [0, 0.05) is 17.5 Å². The second-order valence-corrected chi connectivity index (χ2v) is 6.96. The minimum absolute atomic E-state index is 0.188. The van der Waals surface area contributed by atoms with Crippen molar-refractivity contribution in [1.82, 2.24) is 4.90 Å². The molecule has 2 N–H and O–H groups in total. The normalized spacial score (nSPS) is 20.5. The van der Waals surface area contributed by atoms with Crippen LogP contribution in [0.15, 0.2) is 24.3 Å². The Balaban J connectivity index is 2.22. The average Bonchev–Trinajstić information content (AvgIpc) is 2.38. The van der Waals surface area contributed by atoms with E-state index in [-0.39, 0.29) is 11.0 Å². The zero-order chi connectivity index (χ0) is 14.1. The molecular formula is C17H28N2. The Kier molecular flexibility index (Phi) is 4.03. The van der Waals surface area contributed by atoms with Crippen LogP contribution in [0.3, 0.4) is 0 Å². The van der Waals surface area contributed by atoms with Crippen molar-refractivity contribution >= 4 is 0 Å². The van der Waals surface area contributed by atoms with Crippen LogP contribution in [0.1, 0.15) is 44.7 Å². The summed E-state index contributed by atoms with van der Waals surface area (Å²) in [4.78, 5) is 2.58. The van der Waals surface area contributed by atoms with Crippen molar-refractivity contribution in [2.24, 2.45) is 5.73 Å². The Hall–Kier alpha value is -0.860. The van der Waals surface area contributed by atoms with Gasteiger partial charge >= 0.3 is 0 Å². The van der Waals surface area contributed by atoms with Crippen LogP contribution < -0.4 is 5.73 Å². The first-order chi connectivity index (χ1) is 8.89. The predicted octanol–water partition coefficient (Wildman–Crippen LogP) is 3.09. The van der Waals surface area contributed by atoms with Crippen molar-refractivity contribution in [2.75, 3.05) is 19.6 Å². The quantitative estimate of drug-likeness (QED) is 0.885. The SMILES string of the molecule is Cc1ccccc1C1(CN)CCN(C(C)(C)C)CC1. The first-order valence-electron chi connectivity index (χ1n) is 7.40. The molecule has 1 fully saturated rings. The van der Waals surface area contributed by atoms with E-state index in [0.29, 0.717) is 0 Å². The van der Waals surface area contributed by atoms with E-state index in [1.54, 1.807) is 0 Å². The summed E-state index contributed by atoms with van der Waals surface area (Å²) in [5.41, 5.74) is 9.48. The first-order valence-corrected chi connectivity index (χ1v) is 7.40. The van der Waals surface area contributed by atoms with Gasteiger partial charge in [0.15, 0.2) is 0 Å². The summed E-state index contributed by atoms with van der Waals surface area (Å²) in [5, 5.41) is 0. The van der Waals surface area contributed by atoms with E-state index in [1.807, 2.05) is 0 Å². The molecule has 1 aromatic carbocycles. The summed E-state index contributed by atoms with van der Waals surface area (Å²) in [5.74, 6) is 0. The highest BCUT2D eigenvalue weighted by molar-refractivity contribution is 5.34. The number of rotatable bonds is 2. The maximum absolute atomic E-state index is 6.18. The molecule has 2 nitrogen and oxygen atoms in total. The molecule has 0 spiro atoms. The molecule has 0 aromatic heterocycles. The smallest absolute Gasteiger partial charge is 0.0125 e. The molecule has 1 saturated heterocycles. The van der Waals surface area contributed by atoms with Crippen LogP contribution in [0.4, 0.5) is 0 Å². The molecule has 106 valence electrons. The van der Waals surface area contributed by atoms with Crippen molar-refractivity contribution in [3.8, 4) is 0 Å². The first kappa shape index (κ1) is 14.5. The molecule has 2 heteroatoms. The van der Waals surface area contributed by atoms with Gasteiger partial charge in [0.25, 0.3) is 0 Å². The lowest BCUT2D eigenvalue weighted by Crippen LogP contribution is -2.52. The van der Waals surface area contributed by atoms with Gasteiger partial charge in [-0.1, -0.05) is 24.3 Å². The predicted molar refractivity (Wildman–Crippen MR) is 82.5 cm³/mol. The number of piperidine rings is 1. The monoisotopic (exact) mass is 260 g/mol. The summed E-state index contributed by atoms with van der Waals surface area (Å²) in [6, 6.07) is 8.75. The van der Waals surface area contributed by atoms with Crippen molar-refractivity contribution in [1.29, 1.82) is 0 Å². The second kappa shape index (κ2) is 5.26. The summed E-state index contributed by atoms with van der Waals surface area (Å²) in [7, 11) is 0. The van der Waals surface area contributed by atoms with E-state index in [9.17, 15) is 0 Å². The van der Waals surface area contributed by atoms with Crippen LogP contribution in [-0.2, 0) is 5.41 Å². The summed E-state index contributed by atoms with van der Waals surface area (Å²) < 4.78 is 0. The maximum Gasteiger partial charge on any atom is 0.0125 e. The fraction of sp³-hybridized carbons (Fsp3) is 0.647. The molecule has 0 bridgehead atoms. The Morgan fingerprint density at radius 3 is 2.21 bits per heavy atom. The Morgan fingerprint density at radius 1 is 1.16 bits per heavy atom. The number of hydrogen-bond donors (Lipinski definition) is 1. The molecule has 0 unspecified atom stereocenters. The number of aryl methyl sites for hydroxylation is 1. The van der Waals surface area contributed by atoms with Crippen molar-refractivity contribution < 1.29 is 0 Å². The van der Waals surface area contributed by atoms with E-state index in [1.165, 1.54) is 24.0 Å². The van der Waals surface area contributed by atoms with Crippen LogP contribution in [0.2, 0.25) is 0 Å². The van der Waals surface area contributed by atoms with Crippen molar-refractivity contribution in [2.45, 2.75) is 51.5 Å². The third kappa shape index (κ3) is 2.85. The van der Waals surface area contributed by atoms with Gasteiger partial charge in [-0.15, -0.1) is 0 Å². The molecule has 0 aliphatic carbocycles. The highest BCUT2D eigenvalue weighted by Gasteiger charge is 2.38. The minimum atomic E-state index is 0.188. The van der Waals surface area contributed by atoms with E-state index >= 15 is 0 Å². The molecule has 0 saturated carbocycles. The van der Waals surface area contributed by atoms with Crippen molar-refractivity contribution in [3.05, 3.63) is 35.4 Å². The number of benzene rings is 1. The van der Waals surface area contributed by atoms with E-state index < -0.39 is 0 Å². The minimum Gasteiger partial charge on any atom is -0.330 e. The number of nitrogens with two attached hydrogens (primary N) is 1. The van der Waals surface area contributed by atoms with Crippen molar-refractivity contribution in [3.63, 3.8) is 0 Å². The number of nitrogens with zero attached hydrogens (tertiary/aromatic N) is 1. The number of likely N-dealkylation sites (tertiary alicyclic amines) is 1. The fourth-order valence-electron chi connectivity index (χ4n) is 3.36. The van der Waals surface area contributed by atoms with E-state index in [0.717, 1.165) is 19.6 Å². The van der Waals surface area contributed by atoms with Gasteiger partial charge in [-0.2, -0.15) is 0 Å². The molecule has 0 radical (unpaired) electrons. The standard InChI is InChI=1S/C17H28N2/c1-14-7-5-6-8-15(14)17(13-18)9-11-19(12-10-17)16(2,3)4/h5-8H,9-13,18H2,1-4H3. The second-order valence-electron chi connectivity index (χ2n) is 6.96. The summed E-state index contributed by atoms with van der Waals surface area (Å²) in [6.07, 6.45) is 2.34. The van der Waals surface area contributed by atoms with Gasteiger partial charge in [0.05, 0.1) is 0 Å². The molecule has 0 atom stereocenters. The lowest BCUT2D eigenvalue weighted by Gasteiger charge is -2.47. The third-order valence-electron chi connectivity index (χ3n) is 4.78. The molecule has 1 aromatic rings. The molecular weight excluding hydrogens is 232 g/mol. The molecule has 0 amide bonds.